The summed E-state index contributed by atoms with van der Waals surface area (Å²) in [5.74, 6) is 0.843. The van der Waals surface area contributed by atoms with Crippen molar-refractivity contribution in [3.05, 3.63) is 29.8 Å². The SMILES string of the molecule is Cc1cccc(OCCN(C)C(=O)[C@@H]2CC[C@H](CN)O2)c1.Cl. The smallest absolute Gasteiger partial charge is 0.251 e. The van der Waals surface area contributed by atoms with E-state index < -0.39 is 0 Å². The highest BCUT2D eigenvalue weighted by atomic mass is 35.5. The maximum absolute atomic E-state index is 12.2. The van der Waals surface area contributed by atoms with E-state index in [1.165, 1.54) is 0 Å². The first-order valence-electron chi connectivity index (χ1n) is 7.40. The van der Waals surface area contributed by atoms with Gasteiger partial charge in [0.2, 0.25) is 0 Å². The highest BCUT2D eigenvalue weighted by Gasteiger charge is 2.31. The Morgan fingerprint density at radius 2 is 2.23 bits per heavy atom. The summed E-state index contributed by atoms with van der Waals surface area (Å²) < 4.78 is 11.3. The Balaban J connectivity index is 0.00000242. The molecule has 2 N–H and O–H groups in total. The molecular weight excluding hydrogens is 304 g/mol. The van der Waals surface area contributed by atoms with Gasteiger partial charge in [0, 0.05) is 13.6 Å². The van der Waals surface area contributed by atoms with Gasteiger partial charge in [0.15, 0.2) is 0 Å². The average molecular weight is 329 g/mol. The van der Waals surface area contributed by atoms with Crippen molar-refractivity contribution in [3.63, 3.8) is 0 Å². The maximum Gasteiger partial charge on any atom is 0.251 e. The summed E-state index contributed by atoms with van der Waals surface area (Å²) in [4.78, 5) is 13.9. The Morgan fingerprint density at radius 3 is 2.86 bits per heavy atom. The molecule has 1 aromatic rings. The first-order valence-corrected chi connectivity index (χ1v) is 7.40. The molecule has 5 nitrogen and oxygen atoms in total. The normalized spacial score (nSPS) is 20.3. The second kappa shape index (κ2) is 8.98. The molecule has 6 heteroatoms. The third kappa shape index (κ3) is 5.16. The molecule has 0 unspecified atom stereocenters. The third-order valence-corrected chi connectivity index (χ3v) is 3.71. The van der Waals surface area contributed by atoms with Gasteiger partial charge in [-0.15, -0.1) is 12.4 Å². The molecule has 0 aromatic heterocycles. The highest BCUT2D eigenvalue weighted by Crippen LogP contribution is 2.20. The predicted molar refractivity (Wildman–Crippen MR) is 88.5 cm³/mol. The van der Waals surface area contributed by atoms with Crippen LogP contribution in [0.4, 0.5) is 0 Å². The minimum absolute atomic E-state index is 0. The number of benzene rings is 1. The lowest BCUT2D eigenvalue weighted by atomic mass is 10.2. The molecule has 0 radical (unpaired) electrons. The van der Waals surface area contributed by atoms with E-state index in [4.69, 9.17) is 15.2 Å². The summed E-state index contributed by atoms with van der Waals surface area (Å²) in [7, 11) is 1.78. The van der Waals surface area contributed by atoms with Gasteiger partial charge in [0.25, 0.3) is 5.91 Å². The standard InChI is InChI=1S/C16H24N2O3.ClH/c1-12-4-3-5-13(10-12)20-9-8-18(2)16(19)15-7-6-14(11-17)21-15;/h3-5,10,14-15H,6-9,11,17H2,1-2H3;1H/t14-,15+;/m1./s1. The second-order valence-electron chi connectivity index (χ2n) is 5.48. The number of aryl methyl sites for hydroxylation is 1. The molecule has 1 aliphatic rings. The average Bonchev–Trinajstić information content (AvgIpc) is 2.95. The van der Waals surface area contributed by atoms with E-state index in [2.05, 4.69) is 0 Å². The number of rotatable bonds is 6. The molecule has 0 aliphatic carbocycles. The fourth-order valence-corrected chi connectivity index (χ4v) is 2.42. The summed E-state index contributed by atoms with van der Waals surface area (Å²) in [5, 5.41) is 0. The molecule has 2 atom stereocenters. The number of carbonyl (C=O) groups excluding carboxylic acids is 1. The Morgan fingerprint density at radius 1 is 1.45 bits per heavy atom. The van der Waals surface area contributed by atoms with Crippen LogP contribution >= 0.6 is 12.4 Å². The van der Waals surface area contributed by atoms with E-state index in [1.807, 2.05) is 31.2 Å². The van der Waals surface area contributed by atoms with Gasteiger partial charge in [0.05, 0.1) is 12.6 Å². The minimum Gasteiger partial charge on any atom is -0.492 e. The molecule has 0 spiro atoms. The minimum atomic E-state index is -0.345. The van der Waals surface area contributed by atoms with E-state index in [9.17, 15) is 4.79 Å². The number of nitrogens with zero attached hydrogens (tertiary/aromatic N) is 1. The molecule has 22 heavy (non-hydrogen) atoms. The topological polar surface area (TPSA) is 64.8 Å². The Hall–Kier alpha value is -1.30. The van der Waals surface area contributed by atoms with Crippen LogP contribution < -0.4 is 10.5 Å². The van der Waals surface area contributed by atoms with Crippen molar-refractivity contribution in [2.24, 2.45) is 5.73 Å². The Kier molecular flexibility index (Phi) is 7.65. The van der Waals surface area contributed by atoms with E-state index in [1.54, 1.807) is 11.9 Å². The summed E-state index contributed by atoms with van der Waals surface area (Å²) >= 11 is 0. The zero-order valence-electron chi connectivity index (χ0n) is 13.2. The van der Waals surface area contributed by atoms with Crippen molar-refractivity contribution in [2.45, 2.75) is 32.0 Å². The Labute approximate surface area is 138 Å². The second-order valence-corrected chi connectivity index (χ2v) is 5.48. The summed E-state index contributed by atoms with van der Waals surface area (Å²) in [6.45, 7) is 3.51. The van der Waals surface area contributed by atoms with Gasteiger partial charge in [0.1, 0.15) is 18.5 Å². The molecule has 124 valence electrons. The summed E-state index contributed by atoms with van der Waals surface area (Å²) in [5.41, 5.74) is 6.72. The zero-order chi connectivity index (χ0) is 15.2. The number of likely N-dealkylation sites (N-methyl/N-ethyl adjacent to an activating group) is 1. The number of ether oxygens (including phenoxy) is 2. The van der Waals surface area contributed by atoms with Crippen LogP contribution in [0.5, 0.6) is 5.75 Å². The molecule has 1 fully saturated rings. The van der Waals surface area contributed by atoms with Crippen molar-refractivity contribution >= 4 is 18.3 Å². The quantitative estimate of drug-likeness (QED) is 0.864. The van der Waals surface area contributed by atoms with Crippen molar-refractivity contribution in [1.82, 2.24) is 4.90 Å². The first kappa shape index (κ1) is 18.7. The van der Waals surface area contributed by atoms with E-state index in [0.717, 1.165) is 24.2 Å². The Bertz CT molecular complexity index is 484. The molecule has 1 amide bonds. The van der Waals surface area contributed by atoms with Crippen LogP contribution in [0.15, 0.2) is 24.3 Å². The van der Waals surface area contributed by atoms with E-state index in [0.29, 0.717) is 19.7 Å². The van der Waals surface area contributed by atoms with E-state index in [-0.39, 0.29) is 30.5 Å². The lowest BCUT2D eigenvalue weighted by Crippen LogP contribution is -2.39. The van der Waals surface area contributed by atoms with Crippen LogP contribution in [0.2, 0.25) is 0 Å². The van der Waals surface area contributed by atoms with Gasteiger partial charge in [-0.3, -0.25) is 4.79 Å². The molecule has 0 bridgehead atoms. The van der Waals surface area contributed by atoms with Gasteiger partial charge in [-0.1, -0.05) is 12.1 Å². The van der Waals surface area contributed by atoms with Gasteiger partial charge in [-0.25, -0.2) is 0 Å². The van der Waals surface area contributed by atoms with Gasteiger partial charge < -0.3 is 20.1 Å². The van der Waals surface area contributed by atoms with Crippen LogP contribution in [0.1, 0.15) is 18.4 Å². The largest absolute Gasteiger partial charge is 0.492 e. The van der Waals surface area contributed by atoms with Crippen molar-refractivity contribution in [2.75, 3.05) is 26.7 Å². The highest BCUT2D eigenvalue weighted by molar-refractivity contribution is 5.85. The number of halogens is 1. The van der Waals surface area contributed by atoms with Crippen LogP contribution in [-0.4, -0.2) is 49.8 Å². The molecule has 1 aromatic carbocycles. The molecule has 1 heterocycles. The number of hydrogen-bond acceptors (Lipinski definition) is 4. The number of nitrogens with two attached hydrogens (primary N) is 1. The van der Waals surface area contributed by atoms with E-state index >= 15 is 0 Å². The maximum atomic E-state index is 12.2. The predicted octanol–water partition coefficient (Wildman–Crippen LogP) is 1.76. The molecule has 0 saturated carbocycles. The lowest BCUT2D eigenvalue weighted by molar-refractivity contribution is -0.141. The van der Waals surface area contributed by atoms with Crippen LogP contribution in [0.3, 0.4) is 0 Å². The van der Waals surface area contributed by atoms with Crippen LogP contribution in [-0.2, 0) is 9.53 Å². The molecular formula is C16H25ClN2O3. The molecule has 1 saturated heterocycles. The molecule has 1 aliphatic heterocycles. The fraction of sp³-hybridized carbons (Fsp3) is 0.562. The third-order valence-electron chi connectivity index (χ3n) is 3.71. The monoisotopic (exact) mass is 328 g/mol. The zero-order valence-corrected chi connectivity index (χ0v) is 14.0. The number of carbonyl (C=O) groups is 1. The van der Waals surface area contributed by atoms with Gasteiger partial charge >= 0.3 is 0 Å². The van der Waals surface area contributed by atoms with Crippen LogP contribution in [0.25, 0.3) is 0 Å². The fourth-order valence-electron chi connectivity index (χ4n) is 2.42. The lowest BCUT2D eigenvalue weighted by Gasteiger charge is -2.21. The van der Waals surface area contributed by atoms with Gasteiger partial charge in [-0.05, 0) is 37.5 Å². The molecule has 2 rings (SSSR count). The van der Waals surface area contributed by atoms with Gasteiger partial charge in [-0.2, -0.15) is 0 Å². The number of amides is 1. The summed E-state index contributed by atoms with van der Waals surface area (Å²) in [6.07, 6.45) is 1.29. The summed E-state index contributed by atoms with van der Waals surface area (Å²) in [6, 6.07) is 7.88. The van der Waals surface area contributed by atoms with Crippen LogP contribution in [0, 0.1) is 6.92 Å². The van der Waals surface area contributed by atoms with Crippen molar-refractivity contribution < 1.29 is 14.3 Å². The van der Waals surface area contributed by atoms with Crippen molar-refractivity contribution in [1.29, 1.82) is 0 Å². The first-order chi connectivity index (χ1) is 10.1. The number of hydrogen-bond donors (Lipinski definition) is 1. The van der Waals surface area contributed by atoms with Crippen molar-refractivity contribution in [3.8, 4) is 5.75 Å².